The van der Waals surface area contributed by atoms with Crippen LogP contribution in [0, 0.1) is 6.92 Å². The molecule has 1 N–H and O–H groups in total. The van der Waals surface area contributed by atoms with Crippen molar-refractivity contribution in [3.63, 3.8) is 0 Å². The van der Waals surface area contributed by atoms with Crippen LogP contribution >= 0.6 is 0 Å². The number of hydrogen-bond acceptors (Lipinski definition) is 5. The molecule has 0 saturated carbocycles. The smallest absolute Gasteiger partial charge is 0.237 e. The van der Waals surface area contributed by atoms with Crippen LogP contribution in [0.5, 0.6) is 5.88 Å². The zero-order valence-corrected chi connectivity index (χ0v) is 11.4. The Kier molecular flexibility index (Phi) is 4.41. The molecule has 0 aliphatic carbocycles. The molecule has 0 saturated heterocycles. The average molecular weight is 258 g/mol. The van der Waals surface area contributed by atoms with E-state index < -0.39 is 0 Å². The summed E-state index contributed by atoms with van der Waals surface area (Å²) >= 11 is 0. The second-order valence-corrected chi connectivity index (χ2v) is 4.17. The lowest BCUT2D eigenvalue weighted by Crippen LogP contribution is -2.24. The van der Waals surface area contributed by atoms with E-state index in [1.54, 1.807) is 19.5 Å². The molecule has 0 aliphatic heterocycles. The van der Waals surface area contributed by atoms with Crippen molar-refractivity contribution in [2.45, 2.75) is 19.9 Å². The summed E-state index contributed by atoms with van der Waals surface area (Å²) in [5.41, 5.74) is 2.81. The fraction of sp³-hybridized carbons (Fsp3) is 0.357. The Morgan fingerprint density at radius 2 is 2.00 bits per heavy atom. The molecule has 5 heteroatoms. The van der Waals surface area contributed by atoms with Gasteiger partial charge >= 0.3 is 0 Å². The monoisotopic (exact) mass is 258 g/mol. The molecular weight excluding hydrogens is 240 g/mol. The number of nitrogens with zero attached hydrogens (tertiary/aromatic N) is 3. The van der Waals surface area contributed by atoms with Gasteiger partial charge in [-0.25, -0.2) is 4.98 Å². The molecule has 2 rings (SSSR count). The van der Waals surface area contributed by atoms with Gasteiger partial charge in [0.2, 0.25) is 5.88 Å². The standard InChI is InChI=1S/C14H18N4O/c1-4-15-12(11-6-5-10(2)18-9-11)13-14(19-3)17-8-7-16-13/h5-9,12,15H,4H2,1-3H3. The summed E-state index contributed by atoms with van der Waals surface area (Å²) in [4.78, 5) is 12.9. The van der Waals surface area contributed by atoms with Gasteiger partial charge in [0.1, 0.15) is 5.69 Å². The van der Waals surface area contributed by atoms with E-state index in [2.05, 4.69) is 27.2 Å². The van der Waals surface area contributed by atoms with E-state index in [-0.39, 0.29) is 6.04 Å². The zero-order chi connectivity index (χ0) is 13.7. The molecule has 2 aromatic rings. The summed E-state index contributed by atoms with van der Waals surface area (Å²) in [5.74, 6) is 0.536. The number of ether oxygens (including phenoxy) is 1. The summed E-state index contributed by atoms with van der Waals surface area (Å²) in [5, 5.41) is 3.39. The van der Waals surface area contributed by atoms with E-state index in [4.69, 9.17) is 4.74 Å². The molecule has 0 fully saturated rings. The van der Waals surface area contributed by atoms with Crippen LogP contribution in [0.15, 0.2) is 30.7 Å². The zero-order valence-electron chi connectivity index (χ0n) is 11.4. The first kappa shape index (κ1) is 13.4. The Labute approximate surface area is 113 Å². The molecule has 1 unspecified atom stereocenters. The molecule has 0 bridgehead atoms. The van der Waals surface area contributed by atoms with Crippen LogP contribution < -0.4 is 10.1 Å². The lowest BCUT2D eigenvalue weighted by Gasteiger charge is -2.19. The Hall–Kier alpha value is -2.01. The van der Waals surface area contributed by atoms with Crippen molar-refractivity contribution < 1.29 is 4.74 Å². The molecule has 0 spiro atoms. The number of aromatic nitrogens is 3. The molecule has 0 radical (unpaired) electrons. The minimum atomic E-state index is -0.0678. The van der Waals surface area contributed by atoms with Gasteiger partial charge in [-0.3, -0.25) is 9.97 Å². The molecule has 1 atom stereocenters. The van der Waals surface area contributed by atoms with E-state index in [1.807, 2.05) is 25.3 Å². The van der Waals surface area contributed by atoms with Crippen LogP contribution in [-0.2, 0) is 0 Å². The van der Waals surface area contributed by atoms with Crippen molar-refractivity contribution >= 4 is 0 Å². The third kappa shape index (κ3) is 3.06. The van der Waals surface area contributed by atoms with Gasteiger partial charge in [-0.05, 0) is 25.1 Å². The van der Waals surface area contributed by atoms with Gasteiger partial charge in [0.05, 0.1) is 13.2 Å². The van der Waals surface area contributed by atoms with E-state index in [9.17, 15) is 0 Å². The molecule has 2 aromatic heterocycles. The third-order valence-corrected chi connectivity index (χ3v) is 2.83. The number of nitrogens with one attached hydrogen (secondary N) is 1. The number of rotatable bonds is 5. The summed E-state index contributed by atoms with van der Waals surface area (Å²) in [6.07, 6.45) is 5.15. The van der Waals surface area contributed by atoms with Crippen molar-refractivity contribution in [2.24, 2.45) is 0 Å². The van der Waals surface area contributed by atoms with Crippen LogP contribution in [0.2, 0.25) is 0 Å². The Bertz CT molecular complexity index is 527. The summed E-state index contributed by atoms with van der Waals surface area (Å²) in [6, 6.07) is 3.97. The van der Waals surface area contributed by atoms with Crippen LogP contribution in [0.1, 0.15) is 29.9 Å². The van der Waals surface area contributed by atoms with E-state index in [0.717, 1.165) is 23.5 Å². The SMILES string of the molecule is CCNC(c1ccc(C)nc1)c1nccnc1OC. The maximum absolute atomic E-state index is 5.28. The van der Waals surface area contributed by atoms with Gasteiger partial charge in [-0.2, -0.15) is 0 Å². The largest absolute Gasteiger partial charge is 0.480 e. The Morgan fingerprint density at radius 3 is 2.63 bits per heavy atom. The van der Waals surface area contributed by atoms with Crippen molar-refractivity contribution in [3.8, 4) is 5.88 Å². The lowest BCUT2D eigenvalue weighted by atomic mass is 10.1. The highest BCUT2D eigenvalue weighted by atomic mass is 16.5. The number of pyridine rings is 1. The predicted octanol–water partition coefficient (Wildman–Crippen LogP) is 1.89. The quantitative estimate of drug-likeness (QED) is 0.887. The van der Waals surface area contributed by atoms with Crippen molar-refractivity contribution in [2.75, 3.05) is 13.7 Å². The molecule has 100 valence electrons. The third-order valence-electron chi connectivity index (χ3n) is 2.83. The van der Waals surface area contributed by atoms with Crippen molar-refractivity contribution in [1.29, 1.82) is 0 Å². The van der Waals surface area contributed by atoms with Gasteiger partial charge in [-0.15, -0.1) is 0 Å². The maximum atomic E-state index is 5.28. The van der Waals surface area contributed by atoms with E-state index in [1.165, 1.54) is 0 Å². The Balaban J connectivity index is 2.42. The molecule has 19 heavy (non-hydrogen) atoms. The maximum Gasteiger partial charge on any atom is 0.237 e. The highest BCUT2D eigenvalue weighted by Crippen LogP contribution is 2.25. The fourth-order valence-electron chi connectivity index (χ4n) is 1.92. The van der Waals surface area contributed by atoms with E-state index in [0.29, 0.717) is 5.88 Å². The van der Waals surface area contributed by atoms with Gasteiger partial charge in [0.15, 0.2) is 0 Å². The molecule has 0 amide bonds. The second-order valence-electron chi connectivity index (χ2n) is 4.17. The minimum Gasteiger partial charge on any atom is -0.480 e. The fourth-order valence-corrected chi connectivity index (χ4v) is 1.92. The second kappa shape index (κ2) is 6.24. The first-order chi connectivity index (χ1) is 9.26. The lowest BCUT2D eigenvalue weighted by molar-refractivity contribution is 0.383. The molecular formula is C14H18N4O. The first-order valence-corrected chi connectivity index (χ1v) is 6.27. The van der Waals surface area contributed by atoms with Crippen LogP contribution in [0.3, 0.4) is 0 Å². The Morgan fingerprint density at radius 1 is 1.21 bits per heavy atom. The van der Waals surface area contributed by atoms with Crippen LogP contribution in [0.4, 0.5) is 0 Å². The van der Waals surface area contributed by atoms with Crippen LogP contribution in [0.25, 0.3) is 0 Å². The summed E-state index contributed by atoms with van der Waals surface area (Å²) in [7, 11) is 1.60. The van der Waals surface area contributed by atoms with E-state index >= 15 is 0 Å². The summed E-state index contributed by atoms with van der Waals surface area (Å²) in [6.45, 7) is 4.84. The normalized spacial score (nSPS) is 12.2. The van der Waals surface area contributed by atoms with Crippen molar-refractivity contribution in [3.05, 3.63) is 47.7 Å². The highest BCUT2D eigenvalue weighted by molar-refractivity contribution is 5.31. The molecule has 2 heterocycles. The highest BCUT2D eigenvalue weighted by Gasteiger charge is 2.19. The first-order valence-electron chi connectivity index (χ1n) is 6.27. The van der Waals surface area contributed by atoms with Gasteiger partial charge in [0, 0.05) is 24.3 Å². The van der Waals surface area contributed by atoms with Gasteiger partial charge in [0.25, 0.3) is 0 Å². The minimum absolute atomic E-state index is 0.0678. The number of hydrogen-bond donors (Lipinski definition) is 1. The van der Waals surface area contributed by atoms with Gasteiger partial charge in [-0.1, -0.05) is 13.0 Å². The predicted molar refractivity (Wildman–Crippen MR) is 73.1 cm³/mol. The van der Waals surface area contributed by atoms with Crippen molar-refractivity contribution in [1.82, 2.24) is 20.3 Å². The molecule has 0 aromatic carbocycles. The molecule has 0 aliphatic rings. The van der Waals surface area contributed by atoms with Gasteiger partial charge < -0.3 is 10.1 Å². The summed E-state index contributed by atoms with van der Waals surface area (Å²) < 4.78 is 5.28. The number of methoxy groups -OCH3 is 1. The molecule has 5 nitrogen and oxygen atoms in total. The number of aryl methyl sites for hydroxylation is 1. The average Bonchev–Trinajstić information content (AvgIpc) is 2.46. The topological polar surface area (TPSA) is 59.9 Å². The van der Waals surface area contributed by atoms with Crippen LogP contribution in [-0.4, -0.2) is 28.6 Å².